The van der Waals surface area contributed by atoms with Gasteiger partial charge in [-0.25, -0.2) is 9.37 Å². The first-order chi connectivity index (χ1) is 14.0. The van der Waals surface area contributed by atoms with Crippen molar-refractivity contribution in [1.82, 2.24) is 9.88 Å². The van der Waals surface area contributed by atoms with Gasteiger partial charge < -0.3 is 15.0 Å². The summed E-state index contributed by atoms with van der Waals surface area (Å²) in [6.07, 6.45) is -0.0618. The molecule has 0 saturated carbocycles. The zero-order chi connectivity index (χ0) is 20.5. The highest BCUT2D eigenvalue weighted by Crippen LogP contribution is 2.35. The second-order valence-corrected chi connectivity index (χ2v) is 7.44. The number of aryl methyl sites for hydroxylation is 1. The predicted molar refractivity (Wildman–Crippen MR) is 106 cm³/mol. The maximum atomic E-state index is 15.0. The van der Waals surface area contributed by atoms with Crippen LogP contribution in [0.25, 0.3) is 0 Å². The van der Waals surface area contributed by atoms with Crippen molar-refractivity contribution in [2.75, 3.05) is 36.4 Å². The lowest BCUT2D eigenvalue weighted by molar-refractivity contribution is -0.123. The molecule has 0 radical (unpaired) electrons. The number of anilines is 2. The van der Waals surface area contributed by atoms with Crippen molar-refractivity contribution in [3.63, 3.8) is 0 Å². The maximum absolute atomic E-state index is 15.0. The molecular formula is C21H24F2N4O2. The summed E-state index contributed by atoms with van der Waals surface area (Å²) in [7, 11) is 0. The number of halogens is 2. The van der Waals surface area contributed by atoms with Crippen LogP contribution in [0.3, 0.4) is 0 Å². The van der Waals surface area contributed by atoms with Crippen LogP contribution in [0.15, 0.2) is 24.3 Å². The lowest BCUT2D eigenvalue weighted by Gasteiger charge is -2.36. The summed E-state index contributed by atoms with van der Waals surface area (Å²) in [6.45, 7) is 6.62. The van der Waals surface area contributed by atoms with E-state index in [9.17, 15) is 13.6 Å². The molecular weight excluding hydrogens is 378 g/mol. The Kier molecular flexibility index (Phi) is 5.36. The second kappa shape index (κ2) is 7.94. The van der Waals surface area contributed by atoms with Gasteiger partial charge in [-0.15, -0.1) is 0 Å². The van der Waals surface area contributed by atoms with Gasteiger partial charge in [0.1, 0.15) is 11.4 Å². The molecule has 2 aliphatic rings. The summed E-state index contributed by atoms with van der Waals surface area (Å²) in [5, 5.41) is 2.63. The van der Waals surface area contributed by atoms with E-state index in [-0.39, 0.29) is 11.6 Å². The number of rotatable bonds is 4. The van der Waals surface area contributed by atoms with E-state index in [2.05, 4.69) is 15.2 Å². The van der Waals surface area contributed by atoms with Gasteiger partial charge >= 0.3 is 0 Å². The number of hydrogen-bond donors (Lipinski definition) is 1. The lowest BCUT2D eigenvalue weighted by Crippen LogP contribution is -2.46. The molecule has 0 aliphatic carbocycles. The fourth-order valence-electron chi connectivity index (χ4n) is 3.76. The average Bonchev–Trinajstić information content (AvgIpc) is 2.71. The smallest absolute Gasteiger partial charge is 0.265 e. The Morgan fingerprint density at radius 3 is 2.62 bits per heavy atom. The fraction of sp³-hybridized carbons (Fsp3) is 0.429. The van der Waals surface area contributed by atoms with Crippen LogP contribution >= 0.6 is 0 Å². The zero-order valence-electron chi connectivity index (χ0n) is 16.5. The molecule has 1 fully saturated rings. The second-order valence-electron chi connectivity index (χ2n) is 7.44. The van der Waals surface area contributed by atoms with E-state index in [4.69, 9.17) is 4.74 Å². The molecule has 2 aliphatic heterocycles. The van der Waals surface area contributed by atoms with E-state index < -0.39 is 17.9 Å². The molecule has 154 valence electrons. The normalized spacial score (nSPS) is 19.5. The number of ether oxygens (including phenoxy) is 1. The van der Waals surface area contributed by atoms with Crippen LogP contribution < -0.4 is 15.0 Å². The summed E-state index contributed by atoms with van der Waals surface area (Å²) in [5.74, 6) is -0.870. The minimum Gasteiger partial charge on any atom is -0.478 e. The van der Waals surface area contributed by atoms with Gasteiger partial charge in [-0.3, -0.25) is 9.69 Å². The molecule has 2 aromatic rings. The molecule has 0 bridgehead atoms. The number of amides is 1. The van der Waals surface area contributed by atoms with Crippen molar-refractivity contribution in [2.45, 2.75) is 32.9 Å². The van der Waals surface area contributed by atoms with Crippen LogP contribution in [0, 0.1) is 18.7 Å². The van der Waals surface area contributed by atoms with E-state index in [0.29, 0.717) is 61.8 Å². The SMILES string of the molecule is CCC1Oc2ccc(CN3CCN(c4ccc(C)nc4F)CC3)c(F)c2NC1=O. The van der Waals surface area contributed by atoms with Crippen molar-refractivity contribution < 1.29 is 18.3 Å². The third-order valence-electron chi connectivity index (χ3n) is 5.44. The van der Waals surface area contributed by atoms with Gasteiger partial charge in [0.2, 0.25) is 5.95 Å². The quantitative estimate of drug-likeness (QED) is 0.797. The van der Waals surface area contributed by atoms with Gasteiger partial charge in [-0.1, -0.05) is 13.0 Å². The van der Waals surface area contributed by atoms with Crippen LogP contribution in [-0.2, 0) is 11.3 Å². The molecule has 1 unspecified atom stereocenters. The van der Waals surface area contributed by atoms with Crippen molar-refractivity contribution in [3.05, 3.63) is 47.3 Å². The molecule has 8 heteroatoms. The Bertz CT molecular complexity index is 929. The Balaban J connectivity index is 1.42. The van der Waals surface area contributed by atoms with Crippen LogP contribution in [-0.4, -0.2) is 48.1 Å². The maximum Gasteiger partial charge on any atom is 0.265 e. The topological polar surface area (TPSA) is 57.7 Å². The largest absolute Gasteiger partial charge is 0.478 e. The molecule has 1 atom stereocenters. The molecule has 6 nitrogen and oxygen atoms in total. The molecule has 29 heavy (non-hydrogen) atoms. The Morgan fingerprint density at radius 1 is 1.17 bits per heavy atom. The summed E-state index contributed by atoms with van der Waals surface area (Å²) in [5.41, 5.74) is 1.76. The van der Waals surface area contributed by atoms with E-state index in [1.807, 2.05) is 11.8 Å². The Morgan fingerprint density at radius 2 is 1.93 bits per heavy atom. The van der Waals surface area contributed by atoms with Crippen LogP contribution in [0.4, 0.5) is 20.2 Å². The number of aromatic nitrogens is 1. The Hall–Kier alpha value is -2.74. The molecule has 3 heterocycles. The molecule has 1 N–H and O–H groups in total. The number of carbonyl (C=O) groups is 1. The highest BCUT2D eigenvalue weighted by atomic mass is 19.1. The molecule has 1 saturated heterocycles. The highest BCUT2D eigenvalue weighted by Gasteiger charge is 2.30. The van der Waals surface area contributed by atoms with Gasteiger partial charge in [-0.05, 0) is 31.5 Å². The van der Waals surface area contributed by atoms with Crippen LogP contribution in [0.1, 0.15) is 24.6 Å². The number of nitrogens with one attached hydrogen (secondary N) is 1. The van der Waals surface area contributed by atoms with E-state index in [1.165, 1.54) is 0 Å². The van der Waals surface area contributed by atoms with Gasteiger partial charge in [0.25, 0.3) is 5.91 Å². The monoisotopic (exact) mass is 402 g/mol. The van der Waals surface area contributed by atoms with Crippen molar-refractivity contribution in [1.29, 1.82) is 0 Å². The standard InChI is InChI=1S/C21H24F2N4O2/c1-3-16-21(28)25-19-17(29-16)7-5-14(18(19)22)12-26-8-10-27(11-9-26)15-6-4-13(2)24-20(15)23/h4-7,16H,3,8-12H2,1-2H3,(H,25,28). The average molecular weight is 402 g/mol. The lowest BCUT2D eigenvalue weighted by atomic mass is 10.1. The van der Waals surface area contributed by atoms with Crippen LogP contribution in [0.2, 0.25) is 0 Å². The fourth-order valence-corrected chi connectivity index (χ4v) is 3.76. The number of fused-ring (bicyclic) bond motifs is 1. The molecule has 1 amide bonds. The summed E-state index contributed by atoms with van der Waals surface area (Å²) in [6, 6.07) is 6.96. The molecule has 1 aromatic heterocycles. The minimum absolute atomic E-state index is 0.114. The van der Waals surface area contributed by atoms with E-state index in [1.54, 1.807) is 31.2 Å². The molecule has 4 rings (SSSR count). The van der Waals surface area contributed by atoms with Crippen molar-refractivity contribution in [3.8, 4) is 5.75 Å². The number of pyridine rings is 1. The number of nitrogens with zero attached hydrogens (tertiary/aromatic N) is 3. The molecule has 1 aromatic carbocycles. The zero-order valence-corrected chi connectivity index (χ0v) is 16.5. The first-order valence-corrected chi connectivity index (χ1v) is 9.85. The van der Waals surface area contributed by atoms with Crippen molar-refractivity contribution >= 4 is 17.3 Å². The van der Waals surface area contributed by atoms with Gasteiger partial charge in [0, 0.05) is 44.0 Å². The van der Waals surface area contributed by atoms with Crippen LogP contribution in [0.5, 0.6) is 5.75 Å². The third-order valence-corrected chi connectivity index (χ3v) is 5.44. The van der Waals surface area contributed by atoms with Crippen molar-refractivity contribution in [2.24, 2.45) is 0 Å². The number of benzene rings is 1. The predicted octanol–water partition coefficient (Wildman–Crippen LogP) is 3.10. The van der Waals surface area contributed by atoms with E-state index in [0.717, 1.165) is 0 Å². The third kappa shape index (κ3) is 3.89. The number of hydrogen-bond acceptors (Lipinski definition) is 5. The first-order valence-electron chi connectivity index (χ1n) is 9.85. The number of piperazine rings is 1. The minimum atomic E-state index is -0.586. The van der Waals surface area contributed by atoms with Gasteiger partial charge in [0.15, 0.2) is 11.9 Å². The van der Waals surface area contributed by atoms with Gasteiger partial charge in [-0.2, -0.15) is 4.39 Å². The summed E-state index contributed by atoms with van der Waals surface area (Å²) in [4.78, 5) is 20.0. The van der Waals surface area contributed by atoms with E-state index >= 15 is 0 Å². The number of carbonyl (C=O) groups excluding carboxylic acids is 1. The van der Waals surface area contributed by atoms with Gasteiger partial charge in [0.05, 0.1) is 5.69 Å². The highest BCUT2D eigenvalue weighted by molar-refractivity contribution is 5.98. The summed E-state index contributed by atoms with van der Waals surface area (Å²) < 4.78 is 34.7. The first kappa shape index (κ1) is 19.6. The summed E-state index contributed by atoms with van der Waals surface area (Å²) >= 11 is 0. The Labute approximate surface area is 168 Å². The molecule has 0 spiro atoms.